The zero-order valence-electron chi connectivity index (χ0n) is 15.4. The van der Waals surface area contributed by atoms with Crippen LogP contribution in [0.3, 0.4) is 0 Å². The van der Waals surface area contributed by atoms with Crippen molar-refractivity contribution < 1.29 is 17.7 Å². The number of halogens is 1. The third-order valence-corrected chi connectivity index (χ3v) is 7.22. The maximum absolute atomic E-state index is 12.6. The van der Waals surface area contributed by atoms with Gasteiger partial charge in [-0.3, -0.25) is 9.78 Å². The lowest BCUT2D eigenvalue weighted by Crippen LogP contribution is -2.39. The summed E-state index contributed by atoms with van der Waals surface area (Å²) in [6.07, 6.45) is 5.52. The van der Waals surface area contributed by atoms with Gasteiger partial charge in [-0.1, -0.05) is 5.16 Å². The Bertz CT molecular complexity index is 1030. The van der Waals surface area contributed by atoms with Crippen molar-refractivity contribution in [3.8, 4) is 0 Å². The number of carbonyl (C=O) groups is 1. The van der Waals surface area contributed by atoms with E-state index in [-0.39, 0.29) is 24.4 Å². The standard InChI is InChI=1S/C17H20BrN5O4S/c1-10-20-16(27-22-10)17-5-14(4-12(17)8-23(9-17)28(2,25)26)21-15(24)11-3-13(18)7-19-6-11/h3,6-7,12,14H,4-5,8-9H2,1-2H3,(H,21,24)/t12?,14-,17+/m1/s1. The van der Waals surface area contributed by atoms with E-state index in [1.165, 1.54) is 16.8 Å². The number of hydrogen-bond acceptors (Lipinski definition) is 7. The van der Waals surface area contributed by atoms with Crippen LogP contribution >= 0.6 is 15.9 Å². The summed E-state index contributed by atoms with van der Waals surface area (Å²) in [5, 5.41) is 6.94. The topological polar surface area (TPSA) is 118 Å². The molecule has 1 saturated heterocycles. The van der Waals surface area contributed by atoms with E-state index in [0.717, 1.165) is 4.47 Å². The minimum absolute atomic E-state index is 0.00647. The van der Waals surface area contributed by atoms with Crippen molar-refractivity contribution in [2.24, 2.45) is 5.92 Å². The zero-order chi connectivity index (χ0) is 20.1. The first-order valence-corrected chi connectivity index (χ1v) is 11.5. The molecule has 1 N–H and O–H groups in total. The third kappa shape index (κ3) is 3.46. The van der Waals surface area contributed by atoms with E-state index in [0.29, 0.717) is 36.7 Å². The maximum Gasteiger partial charge on any atom is 0.253 e. The smallest absolute Gasteiger partial charge is 0.253 e. The fraction of sp³-hybridized carbons (Fsp3) is 0.529. The second-order valence-electron chi connectivity index (χ2n) is 7.56. The molecule has 0 radical (unpaired) electrons. The zero-order valence-corrected chi connectivity index (χ0v) is 17.8. The number of hydrogen-bond donors (Lipinski definition) is 1. The first kappa shape index (κ1) is 19.5. The van der Waals surface area contributed by atoms with Gasteiger partial charge in [0.15, 0.2) is 5.82 Å². The highest BCUT2D eigenvalue weighted by Gasteiger charge is 2.59. The van der Waals surface area contributed by atoms with E-state index in [1.54, 1.807) is 19.2 Å². The third-order valence-electron chi connectivity index (χ3n) is 5.57. The Morgan fingerprint density at radius 2 is 2.21 bits per heavy atom. The van der Waals surface area contributed by atoms with Gasteiger partial charge in [-0.15, -0.1) is 0 Å². The quantitative estimate of drug-likeness (QED) is 0.715. The summed E-state index contributed by atoms with van der Waals surface area (Å²) in [7, 11) is -3.33. The van der Waals surface area contributed by atoms with Crippen LogP contribution in [0.15, 0.2) is 27.5 Å². The Hall–Kier alpha value is -1.85. The van der Waals surface area contributed by atoms with Crippen molar-refractivity contribution in [2.75, 3.05) is 19.3 Å². The number of pyridine rings is 1. The molecule has 0 spiro atoms. The number of rotatable bonds is 4. The number of amides is 1. The fourth-order valence-corrected chi connectivity index (χ4v) is 5.60. The SMILES string of the molecule is Cc1noc([C@]23C[C@H](NC(=O)c4cncc(Br)c4)CC2CN(S(C)(=O)=O)C3)n1. The van der Waals surface area contributed by atoms with Gasteiger partial charge in [-0.25, -0.2) is 12.7 Å². The number of sulfonamides is 1. The Balaban J connectivity index is 1.58. The van der Waals surface area contributed by atoms with Crippen molar-refractivity contribution in [3.63, 3.8) is 0 Å². The number of carbonyl (C=O) groups excluding carboxylic acids is 1. The van der Waals surface area contributed by atoms with E-state index in [9.17, 15) is 13.2 Å². The summed E-state index contributed by atoms with van der Waals surface area (Å²) >= 11 is 3.32. The van der Waals surface area contributed by atoms with Crippen LogP contribution in [0.2, 0.25) is 0 Å². The minimum atomic E-state index is -3.33. The summed E-state index contributed by atoms with van der Waals surface area (Å²) < 4.78 is 31.8. The molecule has 2 fully saturated rings. The lowest BCUT2D eigenvalue weighted by molar-refractivity contribution is 0.0934. The molecule has 2 aliphatic rings. The Kier molecular flexibility index (Phi) is 4.79. The molecular formula is C17H20BrN5O4S. The molecule has 1 saturated carbocycles. The van der Waals surface area contributed by atoms with Crippen molar-refractivity contribution in [2.45, 2.75) is 31.2 Å². The summed E-state index contributed by atoms with van der Waals surface area (Å²) in [5.41, 5.74) is -0.121. The number of nitrogens with one attached hydrogen (secondary N) is 1. The van der Waals surface area contributed by atoms with Gasteiger partial charge < -0.3 is 9.84 Å². The molecule has 150 valence electrons. The average Bonchev–Trinajstić information content (AvgIpc) is 3.26. The molecule has 1 aliphatic heterocycles. The summed E-state index contributed by atoms with van der Waals surface area (Å²) in [6, 6.07) is 1.59. The van der Waals surface area contributed by atoms with Crippen molar-refractivity contribution in [3.05, 3.63) is 40.2 Å². The van der Waals surface area contributed by atoms with Gasteiger partial charge in [0.25, 0.3) is 5.91 Å². The number of aryl methyl sites for hydroxylation is 1. The molecule has 2 aromatic heterocycles. The van der Waals surface area contributed by atoms with Gasteiger partial charge in [0.05, 0.1) is 17.2 Å². The van der Waals surface area contributed by atoms with Crippen LogP contribution in [0.25, 0.3) is 0 Å². The van der Waals surface area contributed by atoms with E-state index < -0.39 is 15.4 Å². The molecular weight excluding hydrogens is 450 g/mol. The molecule has 3 atom stereocenters. The number of nitrogens with zero attached hydrogens (tertiary/aromatic N) is 4. The predicted molar refractivity (Wildman–Crippen MR) is 103 cm³/mol. The normalized spacial score (nSPS) is 27.7. The van der Waals surface area contributed by atoms with Crippen LogP contribution < -0.4 is 5.32 Å². The van der Waals surface area contributed by atoms with E-state index in [4.69, 9.17) is 4.52 Å². The molecule has 3 heterocycles. The lowest BCUT2D eigenvalue weighted by Gasteiger charge is -2.24. The van der Waals surface area contributed by atoms with E-state index in [1.807, 2.05) is 0 Å². The summed E-state index contributed by atoms with van der Waals surface area (Å²) in [4.78, 5) is 21.0. The first-order chi connectivity index (χ1) is 13.2. The van der Waals surface area contributed by atoms with Crippen molar-refractivity contribution >= 4 is 31.9 Å². The Labute approximate surface area is 171 Å². The van der Waals surface area contributed by atoms with E-state index >= 15 is 0 Å². The lowest BCUT2D eigenvalue weighted by atomic mass is 9.80. The average molecular weight is 470 g/mol. The molecule has 2 aromatic rings. The number of aromatic nitrogens is 3. The van der Waals surface area contributed by atoms with Crippen molar-refractivity contribution in [1.29, 1.82) is 0 Å². The van der Waals surface area contributed by atoms with Crippen LogP contribution in [-0.2, 0) is 15.4 Å². The molecule has 1 unspecified atom stereocenters. The molecule has 1 aliphatic carbocycles. The second-order valence-corrected chi connectivity index (χ2v) is 10.5. The molecule has 4 rings (SSSR count). The highest BCUT2D eigenvalue weighted by Crippen LogP contribution is 2.50. The Morgan fingerprint density at radius 3 is 2.86 bits per heavy atom. The minimum Gasteiger partial charge on any atom is -0.349 e. The predicted octanol–water partition coefficient (Wildman–Crippen LogP) is 1.26. The van der Waals surface area contributed by atoms with Crippen LogP contribution in [0.4, 0.5) is 0 Å². The molecule has 1 amide bonds. The van der Waals surface area contributed by atoms with Gasteiger partial charge in [0.2, 0.25) is 15.9 Å². The Morgan fingerprint density at radius 1 is 1.43 bits per heavy atom. The van der Waals surface area contributed by atoms with Crippen LogP contribution in [0.1, 0.15) is 34.9 Å². The highest BCUT2D eigenvalue weighted by atomic mass is 79.9. The summed E-state index contributed by atoms with van der Waals surface area (Å²) in [6.45, 7) is 2.39. The molecule has 0 aromatic carbocycles. The molecule has 0 bridgehead atoms. The molecule has 9 nitrogen and oxygen atoms in total. The highest BCUT2D eigenvalue weighted by molar-refractivity contribution is 9.10. The maximum atomic E-state index is 12.6. The van der Waals surface area contributed by atoms with Gasteiger partial charge >= 0.3 is 0 Å². The van der Waals surface area contributed by atoms with E-state index in [2.05, 4.69) is 36.4 Å². The molecule has 11 heteroatoms. The summed E-state index contributed by atoms with van der Waals surface area (Å²) in [5.74, 6) is 0.735. The van der Waals surface area contributed by atoms with Gasteiger partial charge in [-0.2, -0.15) is 4.98 Å². The van der Waals surface area contributed by atoms with Gasteiger partial charge in [0, 0.05) is 36.0 Å². The van der Waals surface area contributed by atoms with Crippen LogP contribution in [0.5, 0.6) is 0 Å². The fourth-order valence-electron chi connectivity index (χ4n) is 4.32. The largest absolute Gasteiger partial charge is 0.349 e. The van der Waals surface area contributed by atoms with Crippen molar-refractivity contribution in [1.82, 2.24) is 24.7 Å². The van der Waals surface area contributed by atoms with Crippen LogP contribution in [0, 0.1) is 12.8 Å². The van der Waals surface area contributed by atoms with Crippen LogP contribution in [-0.4, -0.2) is 59.1 Å². The number of fused-ring (bicyclic) bond motifs is 1. The van der Waals surface area contributed by atoms with Gasteiger partial charge in [0.1, 0.15) is 0 Å². The first-order valence-electron chi connectivity index (χ1n) is 8.85. The molecule has 28 heavy (non-hydrogen) atoms. The second kappa shape index (κ2) is 6.89. The monoisotopic (exact) mass is 469 g/mol. The van der Waals surface area contributed by atoms with Gasteiger partial charge in [-0.05, 0) is 47.7 Å².